The molecule has 6 fully saturated rings. The Morgan fingerprint density at radius 1 is 0.443 bits per heavy atom. The van der Waals surface area contributed by atoms with E-state index in [9.17, 15) is 67.1 Å². The molecule has 3 saturated heterocycles. The molecule has 0 radical (unpaired) electrons. The molecule has 3 saturated carbocycles. The second kappa shape index (κ2) is 34.4. The highest BCUT2D eigenvalue weighted by Crippen LogP contribution is 2.69. The lowest BCUT2D eigenvalue weighted by molar-refractivity contribution is -0.390. The van der Waals surface area contributed by atoms with Gasteiger partial charge in [0.25, 0.3) is 0 Å². The minimum absolute atomic E-state index is 0.0290. The van der Waals surface area contributed by atoms with Crippen molar-refractivity contribution in [3.05, 3.63) is 22.8 Å². The van der Waals surface area contributed by atoms with Gasteiger partial charge < -0.3 is 94.7 Å². The van der Waals surface area contributed by atoms with E-state index in [-0.39, 0.29) is 37.5 Å². The van der Waals surface area contributed by atoms with E-state index >= 15 is 0 Å². The SMILES string of the molecule is CC(=O)OCC1OC(OC2C(COC(C)=O)OC(OC3CC4=CCC5C(CC(OC(C)=O)C6(C)C5CCC6C(C)(OC(C)=O)C5CC(C)=C(C)C(=O)O5)C4(C)C(OC(C)=O)C3)C(OC(C)=O)C2OC2OC(COC(C)=O)C(OC(C)=O)C(OC(C)=O)C2OC(C)=O)C(OC(C)=O)C(OC(C)=O)C1OC(C)=O. The third-order valence-corrected chi connectivity index (χ3v) is 21.4. The second-order valence-electron chi connectivity index (χ2n) is 28.8. The van der Waals surface area contributed by atoms with E-state index in [2.05, 4.69) is 0 Å². The van der Waals surface area contributed by atoms with Gasteiger partial charge in [0.2, 0.25) is 0 Å². The number of carbonyl (C=O) groups excluding carboxylic acids is 14. The molecule has 4 aliphatic carbocycles. The number of fused-ring (bicyclic) bond motifs is 5. The van der Waals surface area contributed by atoms with Crippen LogP contribution in [0.1, 0.15) is 170 Å². The normalized spacial score (nSPS) is 36.5. The number of rotatable bonds is 24. The fourth-order valence-corrected chi connectivity index (χ4v) is 17.3. The van der Waals surface area contributed by atoms with Gasteiger partial charge in [0.15, 0.2) is 61.6 Å². The standard InChI is InChI=1S/C72H98O34/c1-30-23-56(103-66(86)31(30)2)72(18,106-44(15)85)53-22-21-48-47-20-19-45-24-46(25-54(90-35(6)76)70(45,16)49(47)26-55(71(48,53)17)91-36(7)77)99-67-65(98-43(14)84)62(105-69-64(97-42(13)83)61(95-40(11)81)58(93-38(9)79)51(102-69)28-88-33(4)74)59(52(100-67)29-89-34(5)75)104-68-63(96-41(12)82)60(94-39(10)80)57(92-37(8)78)50(101-68)27-87-32(3)73/h19,46-65,67-69H,20-29H2,1-18H3. The number of ether oxygens (including phenoxy) is 20. The van der Waals surface area contributed by atoms with Crippen LogP contribution in [0.15, 0.2) is 22.8 Å². The average Bonchev–Trinajstić information content (AvgIpc) is 1.41. The van der Waals surface area contributed by atoms with Crippen LogP contribution in [-0.4, -0.2) is 226 Å². The van der Waals surface area contributed by atoms with Gasteiger partial charge in [-0.25, -0.2) is 4.79 Å². The molecule has 0 aromatic heterocycles. The largest absolute Gasteiger partial charge is 0.463 e. The van der Waals surface area contributed by atoms with Gasteiger partial charge in [-0.3, -0.25) is 62.3 Å². The topological polar surface area (TPSA) is 424 Å². The van der Waals surface area contributed by atoms with Crippen molar-refractivity contribution in [2.45, 2.75) is 292 Å². The molecular weight excluding hydrogens is 1410 g/mol. The molecule has 8 rings (SSSR count). The maximum absolute atomic E-state index is 14.0. The van der Waals surface area contributed by atoms with E-state index in [1.54, 1.807) is 13.8 Å². The highest BCUT2D eigenvalue weighted by Gasteiger charge is 2.71. The molecule has 106 heavy (non-hydrogen) atoms. The quantitative estimate of drug-likeness (QED) is 0.0743. The fraction of sp³-hybridized carbons (Fsp3) is 0.750. The first-order chi connectivity index (χ1) is 49.6. The van der Waals surface area contributed by atoms with E-state index in [0.29, 0.717) is 24.8 Å². The fourth-order valence-electron chi connectivity index (χ4n) is 17.3. The van der Waals surface area contributed by atoms with Gasteiger partial charge in [-0.1, -0.05) is 31.1 Å². The van der Waals surface area contributed by atoms with Crippen LogP contribution in [0.25, 0.3) is 0 Å². The van der Waals surface area contributed by atoms with Gasteiger partial charge >= 0.3 is 83.6 Å². The Morgan fingerprint density at radius 3 is 1.26 bits per heavy atom. The van der Waals surface area contributed by atoms with Gasteiger partial charge in [0.05, 0.1) is 6.10 Å². The van der Waals surface area contributed by atoms with Crippen LogP contribution in [-0.2, 0) is 162 Å². The van der Waals surface area contributed by atoms with E-state index in [4.69, 9.17) is 94.7 Å². The van der Waals surface area contributed by atoms with Gasteiger partial charge in [0, 0.05) is 125 Å². The third-order valence-electron chi connectivity index (χ3n) is 21.4. The molecule has 0 aromatic rings. The molecule has 0 N–H and O–H groups in total. The molecule has 34 heteroatoms. The van der Waals surface area contributed by atoms with Crippen LogP contribution in [0.3, 0.4) is 0 Å². The van der Waals surface area contributed by atoms with Crippen LogP contribution in [0.5, 0.6) is 0 Å². The van der Waals surface area contributed by atoms with Gasteiger partial charge in [-0.05, 0) is 70.6 Å². The van der Waals surface area contributed by atoms with Crippen LogP contribution >= 0.6 is 0 Å². The summed E-state index contributed by atoms with van der Waals surface area (Å²) in [5, 5.41) is 0. The number of carbonyl (C=O) groups is 14. The average molecular weight is 1510 g/mol. The lowest BCUT2D eigenvalue weighted by Crippen LogP contribution is -2.69. The minimum atomic E-state index is -2.17. The highest BCUT2D eigenvalue weighted by atomic mass is 16.8. The lowest BCUT2D eigenvalue weighted by Gasteiger charge is -2.62. The number of hydrogen-bond acceptors (Lipinski definition) is 34. The van der Waals surface area contributed by atoms with Crippen LogP contribution in [0, 0.1) is 34.5 Å². The van der Waals surface area contributed by atoms with Crippen LogP contribution in [0.2, 0.25) is 0 Å². The zero-order chi connectivity index (χ0) is 78.5. The van der Waals surface area contributed by atoms with Crippen molar-refractivity contribution in [3.8, 4) is 0 Å². The molecule has 590 valence electrons. The number of cyclic esters (lactones) is 1. The molecular formula is C72H98O34. The first-order valence-corrected chi connectivity index (χ1v) is 35.2. The first kappa shape index (κ1) is 83.5. The number of allylic oxidation sites excluding steroid dienone is 1. The summed E-state index contributed by atoms with van der Waals surface area (Å²) < 4.78 is 123. The third kappa shape index (κ3) is 18.8. The Morgan fingerprint density at radius 2 is 0.840 bits per heavy atom. The Labute approximate surface area is 612 Å². The van der Waals surface area contributed by atoms with E-state index < -0.39 is 248 Å². The monoisotopic (exact) mass is 1510 g/mol. The molecule has 0 bridgehead atoms. The summed E-state index contributed by atoms with van der Waals surface area (Å²) in [4.78, 5) is 185. The van der Waals surface area contributed by atoms with E-state index in [0.717, 1.165) is 80.4 Å². The Hall–Kier alpha value is -8.18. The molecule has 26 atom stereocenters. The molecule has 26 unspecified atom stereocenters. The zero-order valence-corrected chi connectivity index (χ0v) is 62.8. The molecule has 4 aliphatic heterocycles. The van der Waals surface area contributed by atoms with Crippen molar-refractivity contribution in [2.75, 3.05) is 19.8 Å². The lowest BCUT2D eigenvalue weighted by atomic mass is 9.45. The number of hydrogen-bond donors (Lipinski definition) is 0. The predicted octanol–water partition coefficient (Wildman–Crippen LogP) is 4.16. The summed E-state index contributed by atoms with van der Waals surface area (Å²) in [6.07, 6.45) is -28.9. The van der Waals surface area contributed by atoms with Crippen molar-refractivity contribution in [1.29, 1.82) is 0 Å². The maximum atomic E-state index is 14.0. The van der Waals surface area contributed by atoms with Crippen LogP contribution in [0.4, 0.5) is 0 Å². The summed E-state index contributed by atoms with van der Waals surface area (Å²) in [5.41, 5.74) is -1.45. The maximum Gasteiger partial charge on any atom is 0.334 e. The second-order valence-corrected chi connectivity index (χ2v) is 28.8. The van der Waals surface area contributed by atoms with Crippen molar-refractivity contribution < 1.29 is 162 Å². The van der Waals surface area contributed by atoms with Crippen LogP contribution < -0.4 is 0 Å². The van der Waals surface area contributed by atoms with Gasteiger partial charge in [0.1, 0.15) is 74.3 Å². The molecule has 0 amide bonds. The van der Waals surface area contributed by atoms with Crippen molar-refractivity contribution in [1.82, 2.24) is 0 Å². The number of esters is 14. The Bertz CT molecular complexity index is 3450. The molecule has 8 aliphatic rings. The molecule has 0 spiro atoms. The van der Waals surface area contributed by atoms with Gasteiger partial charge in [-0.15, -0.1) is 0 Å². The summed E-state index contributed by atoms with van der Waals surface area (Å²) in [5.74, 6) is -13.8. The van der Waals surface area contributed by atoms with E-state index in [1.807, 2.05) is 26.8 Å². The smallest absolute Gasteiger partial charge is 0.334 e. The minimum Gasteiger partial charge on any atom is -0.463 e. The molecule has 0 aromatic carbocycles. The summed E-state index contributed by atoms with van der Waals surface area (Å²) in [6.45, 7) is 20.6. The zero-order valence-electron chi connectivity index (χ0n) is 62.8. The Balaban J connectivity index is 1.28. The first-order valence-electron chi connectivity index (χ1n) is 35.2. The summed E-state index contributed by atoms with van der Waals surface area (Å²) in [6, 6.07) is 0. The summed E-state index contributed by atoms with van der Waals surface area (Å²) in [7, 11) is 0. The van der Waals surface area contributed by atoms with E-state index in [1.165, 1.54) is 20.8 Å². The van der Waals surface area contributed by atoms with Crippen molar-refractivity contribution in [3.63, 3.8) is 0 Å². The Kier molecular flexibility index (Phi) is 27.1. The van der Waals surface area contributed by atoms with Gasteiger partial charge in [-0.2, -0.15) is 0 Å². The van der Waals surface area contributed by atoms with Crippen molar-refractivity contribution in [2.24, 2.45) is 34.5 Å². The molecule has 4 heterocycles. The molecule has 34 nitrogen and oxygen atoms in total. The summed E-state index contributed by atoms with van der Waals surface area (Å²) >= 11 is 0. The predicted molar refractivity (Wildman–Crippen MR) is 349 cm³/mol. The van der Waals surface area contributed by atoms with Crippen molar-refractivity contribution >= 4 is 83.6 Å². The highest BCUT2D eigenvalue weighted by molar-refractivity contribution is 5.89.